The molecule has 0 saturated heterocycles. The molecule has 0 aromatic heterocycles. The second kappa shape index (κ2) is 7.98. The van der Waals surface area contributed by atoms with Crippen LogP contribution in [-0.2, 0) is 6.61 Å². The highest BCUT2D eigenvalue weighted by molar-refractivity contribution is 6.31. The van der Waals surface area contributed by atoms with Gasteiger partial charge in [-0.3, -0.25) is 0 Å². The summed E-state index contributed by atoms with van der Waals surface area (Å²) in [5.41, 5.74) is 3.07. The van der Waals surface area contributed by atoms with E-state index in [0.29, 0.717) is 18.9 Å². The maximum atomic E-state index is 6.11. The van der Waals surface area contributed by atoms with E-state index in [9.17, 15) is 0 Å². The van der Waals surface area contributed by atoms with Gasteiger partial charge in [0.25, 0.3) is 0 Å². The van der Waals surface area contributed by atoms with Crippen LogP contribution in [0.4, 0.5) is 0 Å². The van der Waals surface area contributed by atoms with Gasteiger partial charge in [-0.2, -0.15) is 0 Å². The predicted molar refractivity (Wildman–Crippen MR) is 89.2 cm³/mol. The van der Waals surface area contributed by atoms with Gasteiger partial charge in [0.1, 0.15) is 12.4 Å². The summed E-state index contributed by atoms with van der Waals surface area (Å²) >= 11 is 11.7. The van der Waals surface area contributed by atoms with E-state index in [1.807, 2.05) is 49.4 Å². The van der Waals surface area contributed by atoms with E-state index in [2.05, 4.69) is 11.8 Å². The second-order valence-electron chi connectivity index (χ2n) is 4.60. The Morgan fingerprint density at radius 3 is 2.67 bits per heavy atom. The fraction of sp³-hybridized carbons (Fsp3) is 0.222. The minimum Gasteiger partial charge on any atom is -0.489 e. The van der Waals surface area contributed by atoms with Crippen molar-refractivity contribution >= 4 is 23.2 Å². The molecule has 3 heteroatoms. The van der Waals surface area contributed by atoms with Crippen LogP contribution in [0.3, 0.4) is 0 Å². The largest absolute Gasteiger partial charge is 0.489 e. The fourth-order valence-electron chi connectivity index (χ4n) is 1.85. The van der Waals surface area contributed by atoms with E-state index >= 15 is 0 Å². The Bertz CT molecular complexity index is 668. The van der Waals surface area contributed by atoms with Gasteiger partial charge in [0, 0.05) is 28.5 Å². The molecule has 0 bridgehead atoms. The molecule has 0 N–H and O–H groups in total. The lowest BCUT2D eigenvalue weighted by molar-refractivity contribution is 0.306. The van der Waals surface area contributed by atoms with Crippen molar-refractivity contribution in [1.29, 1.82) is 0 Å². The molecule has 0 saturated carbocycles. The number of aryl methyl sites for hydroxylation is 1. The molecule has 2 aromatic rings. The Labute approximate surface area is 135 Å². The Kier molecular flexibility index (Phi) is 5.99. The molecule has 0 amide bonds. The number of ether oxygens (including phenoxy) is 1. The molecule has 0 radical (unpaired) electrons. The van der Waals surface area contributed by atoms with Crippen molar-refractivity contribution in [3.8, 4) is 17.6 Å². The van der Waals surface area contributed by atoms with E-state index in [-0.39, 0.29) is 0 Å². The average Bonchev–Trinajstić information content (AvgIpc) is 2.49. The third kappa shape index (κ3) is 4.70. The molecule has 108 valence electrons. The van der Waals surface area contributed by atoms with Gasteiger partial charge >= 0.3 is 0 Å². The van der Waals surface area contributed by atoms with Crippen LogP contribution in [0.15, 0.2) is 42.5 Å². The Hall–Kier alpha value is -1.62. The zero-order valence-electron chi connectivity index (χ0n) is 11.8. The normalized spacial score (nSPS) is 9.86. The quantitative estimate of drug-likeness (QED) is 0.555. The smallest absolute Gasteiger partial charge is 0.120 e. The molecule has 0 unspecified atom stereocenters. The second-order valence-corrected chi connectivity index (χ2v) is 5.38. The van der Waals surface area contributed by atoms with Crippen LogP contribution >= 0.6 is 23.2 Å². The lowest BCUT2D eigenvalue weighted by Gasteiger charge is -2.09. The SMILES string of the molecule is Cc1cc(OCc2ccccc2Cl)ccc1C#CCCCl. The van der Waals surface area contributed by atoms with Crippen LogP contribution in [0.2, 0.25) is 5.02 Å². The van der Waals surface area contributed by atoms with Crippen LogP contribution in [0.25, 0.3) is 0 Å². The maximum Gasteiger partial charge on any atom is 0.120 e. The minimum atomic E-state index is 0.455. The summed E-state index contributed by atoms with van der Waals surface area (Å²) in [5.74, 6) is 7.53. The highest BCUT2D eigenvalue weighted by Crippen LogP contribution is 2.20. The molecule has 0 aliphatic rings. The topological polar surface area (TPSA) is 9.23 Å². The molecular weight excluding hydrogens is 303 g/mol. The monoisotopic (exact) mass is 318 g/mol. The van der Waals surface area contributed by atoms with Crippen LogP contribution < -0.4 is 4.74 Å². The fourth-order valence-corrected chi connectivity index (χ4v) is 2.13. The summed E-state index contributed by atoms with van der Waals surface area (Å²) in [7, 11) is 0. The minimum absolute atomic E-state index is 0.455. The van der Waals surface area contributed by atoms with Gasteiger partial charge in [-0.05, 0) is 36.8 Å². The molecule has 1 nitrogen and oxygen atoms in total. The van der Waals surface area contributed by atoms with E-state index in [1.54, 1.807) is 0 Å². The van der Waals surface area contributed by atoms with Crippen molar-refractivity contribution in [3.63, 3.8) is 0 Å². The van der Waals surface area contributed by atoms with Crippen molar-refractivity contribution in [2.24, 2.45) is 0 Å². The van der Waals surface area contributed by atoms with Crippen molar-refractivity contribution in [1.82, 2.24) is 0 Å². The standard InChI is InChI=1S/C18H16Cl2O/c1-14-12-17(10-9-15(14)6-4-5-11-19)21-13-16-7-2-3-8-18(16)20/h2-3,7-10,12H,5,11,13H2,1H3. The summed E-state index contributed by atoms with van der Waals surface area (Å²) in [6.45, 7) is 2.48. The molecule has 0 aliphatic carbocycles. The summed E-state index contributed by atoms with van der Waals surface area (Å²) < 4.78 is 5.78. The third-order valence-corrected chi connectivity index (χ3v) is 3.55. The van der Waals surface area contributed by atoms with Gasteiger partial charge in [0.15, 0.2) is 0 Å². The molecular formula is C18H16Cl2O. The Morgan fingerprint density at radius 1 is 1.14 bits per heavy atom. The summed E-state index contributed by atoms with van der Waals surface area (Å²) in [6.07, 6.45) is 0.700. The highest BCUT2D eigenvalue weighted by atomic mass is 35.5. The van der Waals surface area contributed by atoms with Gasteiger partial charge in [-0.15, -0.1) is 11.6 Å². The van der Waals surface area contributed by atoms with Crippen LogP contribution in [-0.4, -0.2) is 5.88 Å². The molecule has 0 aliphatic heterocycles. The molecule has 0 atom stereocenters. The molecule has 0 spiro atoms. The lowest BCUT2D eigenvalue weighted by Crippen LogP contribution is -1.96. The summed E-state index contributed by atoms with van der Waals surface area (Å²) in [6, 6.07) is 13.6. The Morgan fingerprint density at radius 2 is 1.95 bits per heavy atom. The van der Waals surface area contributed by atoms with Crippen LogP contribution in [0.1, 0.15) is 23.1 Å². The molecule has 0 heterocycles. The van der Waals surface area contributed by atoms with Crippen molar-refractivity contribution in [2.75, 3.05) is 5.88 Å². The Balaban J connectivity index is 2.04. The molecule has 2 rings (SSSR count). The number of hydrogen-bond donors (Lipinski definition) is 0. The first-order valence-corrected chi connectivity index (χ1v) is 7.63. The molecule has 2 aromatic carbocycles. The van der Waals surface area contributed by atoms with Gasteiger partial charge in [0.2, 0.25) is 0 Å². The summed E-state index contributed by atoms with van der Waals surface area (Å²) in [4.78, 5) is 0. The number of hydrogen-bond acceptors (Lipinski definition) is 1. The van der Waals surface area contributed by atoms with Crippen LogP contribution in [0.5, 0.6) is 5.75 Å². The third-order valence-electron chi connectivity index (χ3n) is 2.99. The van der Waals surface area contributed by atoms with Crippen molar-refractivity contribution in [3.05, 3.63) is 64.2 Å². The van der Waals surface area contributed by atoms with E-state index in [0.717, 1.165) is 27.5 Å². The predicted octanol–water partition coefficient (Wildman–Crippen LogP) is 5.21. The van der Waals surface area contributed by atoms with Crippen LogP contribution in [0, 0.1) is 18.8 Å². The van der Waals surface area contributed by atoms with Crippen molar-refractivity contribution < 1.29 is 4.74 Å². The maximum absolute atomic E-state index is 6.11. The summed E-state index contributed by atoms with van der Waals surface area (Å²) in [5, 5.41) is 0.720. The van der Waals surface area contributed by atoms with E-state index < -0.39 is 0 Å². The van der Waals surface area contributed by atoms with Crippen molar-refractivity contribution in [2.45, 2.75) is 20.0 Å². The zero-order valence-corrected chi connectivity index (χ0v) is 13.3. The number of alkyl halides is 1. The van der Waals surface area contributed by atoms with E-state index in [1.165, 1.54) is 0 Å². The molecule has 21 heavy (non-hydrogen) atoms. The first kappa shape index (κ1) is 15.8. The van der Waals surface area contributed by atoms with Gasteiger partial charge < -0.3 is 4.74 Å². The average molecular weight is 319 g/mol. The number of halogens is 2. The van der Waals surface area contributed by atoms with Gasteiger partial charge in [-0.25, -0.2) is 0 Å². The van der Waals surface area contributed by atoms with E-state index in [4.69, 9.17) is 27.9 Å². The number of benzene rings is 2. The highest BCUT2D eigenvalue weighted by Gasteiger charge is 2.02. The molecule has 0 fully saturated rings. The first-order chi connectivity index (χ1) is 10.2. The number of rotatable bonds is 4. The van der Waals surface area contributed by atoms with Gasteiger partial charge in [0.05, 0.1) is 0 Å². The zero-order chi connectivity index (χ0) is 15.1. The first-order valence-electron chi connectivity index (χ1n) is 6.72. The lowest BCUT2D eigenvalue weighted by atomic mass is 10.1. The van der Waals surface area contributed by atoms with Gasteiger partial charge in [-0.1, -0.05) is 41.6 Å².